The summed E-state index contributed by atoms with van der Waals surface area (Å²) in [6, 6.07) is 15.1. The molecule has 206 valence electrons. The average Bonchev–Trinajstić information content (AvgIpc) is 2.90. The van der Waals surface area contributed by atoms with E-state index in [1.807, 2.05) is 0 Å². The van der Waals surface area contributed by atoms with E-state index in [0.717, 1.165) is 4.90 Å². The third kappa shape index (κ3) is 6.35. The van der Waals surface area contributed by atoms with Crippen LogP contribution in [0.15, 0.2) is 65.7 Å². The van der Waals surface area contributed by atoms with E-state index < -0.39 is 30.4 Å². The molecule has 0 saturated carbocycles. The van der Waals surface area contributed by atoms with E-state index in [1.54, 1.807) is 24.3 Å². The average molecular weight is 547 g/mol. The molecule has 12 heteroatoms. The molecule has 0 unspecified atom stereocenters. The number of carboxylic acid groups (broad SMARTS) is 2. The number of hydrogen-bond acceptors (Lipinski definition) is 7. The van der Waals surface area contributed by atoms with Crippen molar-refractivity contribution in [3.05, 3.63) is 88.5 Å². The molecule has 0 fully saturated rings. The molecule has 0 aliphatic carbocycles. The number of aliphatic imine (C=N–C) groups is 1. The molecule has 0 aromatic heterocycles. The van der Waals surface area contributed by atoms with Crippen LogP contribution in [-0.4, -0.2) is 58.0 Å². The Hall–Kier alpha value is -5.39. The van der Waals surface area contributed by atoms with E-state index in [2.05, 4.69) is 4.99 Å². The maximum atomic E-state index is 13.7. The highest BCUT2D eigenvalue weighted by atomic mass is 16.6. The van der Waals surface area contributed by atoms with Crippen molar-refractivity contribution < 1.29 is 38.9 Å². The summed E-state index contributed by atoms with van der Waals surface area (Å²) in [6.07, 6.45) is 0.874. The van der Waals surface area contributed by atoms with Gasteiger partial charge in [0.2, 0.25) is 0 Å². The Morgan fingerprint density at radius 3 is 2.45 bits per heavy atom. The zero-order chi connectivity index (χ0) is 28.8. The van der Waals surface area contributed by atoms with E-state index in [0.29, 0.717) is 24.1 Å². The summed E-state index contributed by atoms with van der Waals surface area (Å²) in [6.45, 7) is -0.855. The van der Waals surface area contributed by atoms with Gasteiger partial charge in [0.25, 0.3) is 5.91 Å². The van der Waals surface area contributed by atoms with E-state index in [-0.39, 0.29) is 52.9 Å². The molecule has 6 N–H and O–H groups in total. The summed E-state index contributed by atoms with van der Waals surface area (Å²) < 4.78 is 11.5. The van der Waals surface area contributed by atoms with Gasteiger partial charge >= 0.3 is 17.9 Å². The number of carbonyl (C=O) groups is 4. The predicted octanol–water partition coefficient (Wildman–Crippen LogP) is 2.56. The van der Waals surface area contributed by atoms with Gasteiger partial charge in [0.15, 0.2) is 17.5 Å². The van der Waals surface area contributed by atoms with Gasteiger partial charge in [-0.25, -0.2) is 14.6 Å². The third-order valence-corrected chi connectivity index (χ3v) is 6.04. The predicted molar refractivity (Wildman–Crippen MR) is 143 cm³/mol. The Balaban J connectivity index is 1.69. The Morgan fingerprint density at radius 2 is 1.73 bits per heavy atom. The number of nitrogens with two attached hydrogens (primary N) is 2. The molecule has 0 spiro atoms. The lowest BCUT2D eigenvalue weighted by Crippen LogP contribution is -2.36. The molecular formula is C28H26N4O8. The first-order valence-corrected chi connectivity index (χ1v) is 12.2. The largest absolute Gasteiger partial charge is 0.489 e. The summed E-state index contributed by atoms with van der Waals surface area (Å²) in [5.41, 5.74) is 12.5. The molecule has 3 aromatic carbocycles. The number of aryl methyl sites for hydroxylation is 1. The van der Waals surface area contributed by atoms with Gasteiger partial charge in [-0.15, -0.1) is 0 Å². The second kappa shape index (κ2) is 12.0. The maximum absolute atomic E-state index is 13.7. The highest BCUT2D eigenvalue weighted by molar-refractivity contribution is 6.00. The number of carbonyl (C=O) groups excluding carboxylic acids is 2. The number of hydrogen-bond donors (Lipinski definition) is 4. The lowest BCUT2D eigenvalue weighted by atomic mass is 10.0. The van der Waals surface area contributed by atoms with E-state index in [9.17, 15) is 29.4 Å². The molecule has 12 nitrogen and oxygen atoms in total. The van der Waals surface area contributed by atoms with Gasteiger partial charge in [0.05, 0.1) is 29.0 Å². The highest BCUT2D eigenvalue weighted by Crippen LogP contribution is 2.35. The van der Waals surface area contributed by atoms with Crippen LogP contribution in [0.5, 0.6) is 11.5 Å². The zero-order valence-corrected chi connectivity index (χ0v) is 21.2. The van der Waals surface area contributed by atoms with Crippen molar-refractivity contribution in [2.75, 3.05) is 13.2 Å². The van der Waals surface area contributed by atoms with Crippen molar-refractivity contribution in [1.82, 2.24) is 4.90 Å². The minimum atomic E-state index is -1.29. The molecule has 40 heavy (non-hydrogen) atoms. The molecule has 1 aliphatic rings. The quantitative estimate of drug-likeness (QED) is 0.148. The molecule has 1 aliphatic heterocycles. The summed E-state index contributed by atoms with van der Waals surface area (Å²) in [5.74, 6) is -4.12. The number of carboxylic acids is 2. The standard InChI is InChI=1S/C28H26N4O8/c29-28(30)31-18-10-11-20-16(13-18)6-4-12-39-24-21(8-3-9-22(24)40-27(20)38)25(35)32(15-23(33)34)14-17-5-1-2-7-19(17)26(36)37/h1-3,5,7-11,13H,4,6,12,14-15H2,(H,33,34)(H,36,37)(H4,29,30,31). The normalized spacial score (nSPS) is 12.6. The van der Waals surface area contributed by atoms with Gasteiger partial charge in [0, 0.05) is 6.54 Å². The van der Waals surface area contributed by atoms with Crippen molar-refractivity contribution in [2.45, 2.75) is 19.4 Å². The molecule has 4 rings (SSSR count). The number of nitrogens with zero attached hydrogens (tertiary/aromatic N) is 2. The van der Waals surface area contributed by atoms with E-state index in [1.165, 1.54) is 36.4 Å². The number of benzene rings is 3. The molecule has 0 atom stereocenters. The van der Waals surface area contributed by atoms with Gasteiger partial charge < -0.3 is 36.1 Å². The van der Waals surface area contributed by atoms with Crippen LogP contribution in [0, 0.1) is 0 Å². The van der Waals surface area contributed by atoms with Crippen LogP contribution in [0.3, 0.4) is 0 Å². The summed E-state index contributed by atoms with van der Waals surface area (Å²) in [7, 11) is 0. The van der Waals surface area contributed by atoms with Crippen molar-refractivity contribution in [3.63, 3.8) is 0 Å². The van der Waals surface area contributed by atoms with Crippen molar-refractivity contribution in [2.24, 2.45) is 16.5 Å². The minimum Gasteiger partial charge on any atom is -0.489 e. The van der Waals surface area contributed by atoms with E-state index in [4.69, 9.17) is 20.9 Å². The van der Waals surface area contributed by atoms with Crippen LogP contribution in [0.25, 0.3) is 0 Å². The van der Waals surface area contributed by atoms with Crippen LogP contribution < -0.4 is 20.9 Å². The number of ether oxygens (including phenoxy) is 2. The maximum Gasteiger partial charge on any atom is 0.343 e. The van der Waals surface area contributed by atoms with E-state index >= 15 is 0 Å². The summed E-state index contributed by atoms with van der Waals surface area (Å²) in [4.78, 5) is 55.1. The molecule has 3 aromatic rings. The smallest absolute Gasteiger partial charge is 0.343 e. The van der Waals surface area contributed by atoms with Crippen molar-refractivity contribution in [3.8, 4) is 11.5 Å². The number of para-hydroxylation sites is 1. The van der Waals surface area contributed by atoms with Crippen molar-refractivity contribution in [1.29, 1.82) is 0 Å². The Kier molecular flexibility index (Phi) is 8.28. The second-order valence-corrected chi connectivity index (χ2v) is 8.87. The van der Waals surface area contributed by atoms with Gasteiger partial charge in [-0.05, 0) is 60.4 Å². The number of fused-ring (bicyclic) bond motifs is 2. The molecule has 1 heterocycles. The van der Waals surface area contributed by atoms with Gasteiger partial charge in [-0.1, -0.05) is 24.3 Å². The number of rotatable bonds is 7. The zero-order valence-electron chi connectivity index (χ0n) is 21.2. The fourth-order valence-corrected chi connectivity index (χ4v) is 4.32. The fraction of sp³-hybridized carbons (Fsp3) is 0.179. The van der Waals surface area contributed by atoms with Gasteiger partial charge in [-0.3, -0.25) is 9.59 Å². The molecular weight excluding hydrogens is 520 g/mol. The van der Waals surface area contributed by atoms with Crippen LogP contribution in [0.4, 0.5) is 5.69 Å². The number of guanidine groups is 1. The summed E-state index contributed by atoms with van der Waals surface area (Å²) >= 11 is 0. The van der Waals surface area contributed by atoms with Gasteiger partial charge in [0.1, 0.15) is 6.54 Å². The molecule has 1 amide bonds. The number of aliphatic carboxylic acids is 1. The molecule has 0 radical (unpaired) electrons. The first-order chi connectivity index (χ1) is 19.1. The number of amides is 1. The van der Waals surface area contributed by atoms with Crippen LogP contribution in [0.1, 0.15) is 48.6 Å². The first kappa shape index (κ1) is 27.6. The number of esters is 1. The monoisotopic (exact) mass is 546 g/mol. The van der Waals surface area contributed by atoms with Crippen LogP contribution >= 0.6 is 0 Å². The third-order valence-electron chi connectivity index (χ3n) is 6.04. The molecule has 0 bridgehead atoms. The lowest BCUT2D eigenvalue weighted by Gasteiger charge is -2.24. The van der Waals surface area contributed by atoms with Crippen LogP contribution in [-0.2, 0) is 17.8 Å². The molecule has 0 saturated heterocycles. The topological polar surface area (TPSA) is 195 Å². The Morgan fingerprint density at radius 1 is 0.975 bits per heavy atom. The SMILES string of the molecule is NC(N)=Nc1ccc2c(c1)CCCOc1c(cccc1C(=O)N(CC(=O)O)Cc1ccccc1C(=O)O)OC2=O. The first-order valence-electron chi connectivity index (χ1n) is 12.2. The highest BCUT2D eigenvalue weighted by Gasteiger charge is 2.27. The summed E-state index contributed by atoms with van der Waals surface area (Å²) in [5, 5.41) is 19.0. The Labute approximate surface area is 228 Å². The van der Waals surface area contributed by atoms with Crippen LogP contribution in [0.2, 0.25) is 0 Å². The van der Waals surface area contributed by atoms with Crippen molar-refractivity contribution >= 4 is 35.5 Å². The lowest BCUT2D eigenvalue weighted by molar-refractivity contribution is -0.137. The fourth-order valence-electron chi connectivity index (χ4n) is 4.32. The Bertz CT molecular complexity index is 1510. The second-order valence-electron chi connectivity index (χ2n) is 8.87. The number of aromatic carboxylic acids is 1. The van der Waals surface area contributed by atoms with Gasteiger partial charge in [-0.2, -0.15) is 0 Å². The minimum absolute atomic E-state index is 0.0247.